The SMILES string of the molecule is CC[C@H](CS(=O)c1ccc(C)cc1)NC(=O)OC(C)(C)C. The Morgan fingerprint density at radius 3 is 2.33 bits per heavy atom. The lowest BCUT2D eigenvalue weighted by Crippen LogP contribution is -2.41. The van der Waals surface area contributed by atoms with Gasteiger partial charge in [-0.3, -0.25) is 4.21 Å². The third kappa shape index (κ3) is 6.76. The van der Waals surface area contributed by atoms with Gasteiger partial charge < -0.3 is 10.1 Å². The van der Waals surface area contributed by atoms with Gasteiger partial charge in [-0.15, -0.1) is 0 Å². The Kier molecular flexibility index (Phi) is 6.40. The molecule has 118 valence electrons. The van der Waals surface area contributed by atoms with Crippen LogP contribution in [0.15, 0.2) is 29.2 Å². The Bertz CT molecular complexity index is 491. The maximum atomic E-state index is 12.3. The first-order chi connectivity index (χ1) is 9.71. The largest absolute Gasteiger partial charge is 0.444 e. The minimum Gasteiger partial charge on any atom is -0.444 e. The zero-order valence-corrected chi connectivity index (χ0v) is 14.3. The molecule has 1 amide bonds. The zero-order valence-electron chi connectivity index (χ0n) is 13.4. The van der Waals surface area contributed by atoms with Gasteiger partial charge in [-0.2, -0.15) is 0 Å². The van der Waals surface area contributed by atoms with Gasteiger partial charge in [-0.25, -0.2) is 4.79 Å². The number of ether oxygens (including phenoxy) is 1. The second kappa shape index (κ2) is 7.59. The predicted octanol–water partition coefficient (Wildman–Crippen LogP) is 3.41. The molecule has 1 aromatic rings. The standard InChI is InChI=1S/C16H25NO3S/c1-6-13(17-15(18)20-16(3,4)5)11-21(19)14-9-7-12(2)8-10-14/h7-10,13H,6,11H2,1-5H3,(H,17,18)/t13-,21?/m1/s1. The fourth-order valence-corrected chi connectivity index (χ4v) is 3.02. The summed E-state index contributed by atoms with van der Waals surface area (Å²) in [6, 6.07) is 7.45. The van der Waals surface area contributed by atoms with E-state index in [1.807, 2.05) is 58.9 Å². The second-order valence-electron chi connectivity index (χ2n) is 6.08. The van der Waals surface area contributed by atoms with Crippen LogP contribution in [0.25, 0.3) is 0 Å². The number of hydrogen-bond donors (Lipinski definition) is 1. The van der Waals surface area contributed by atoms with Crippen molar-refractivity contribution in [2.75, 3.05) is 5.75 Å². The molecule has 0 radical (unpaired) electrons. The molecule has 5 heteroatoms. The van der Waals surface area contributed by atoms with E-state index >= 15 is 0 Å². The van der Waals surface area contributed by atoms with Crippen LogP contribution in [-0.4, -0.2) is 27.7 Å². The highest BCUT2D eigenvalue weighted by molar-refractivity contribution is 7.85. The number of hydrogen-bond acceptors (Lipinski definition) is 3. The van der Waals surface area contributed by atoms with Crippen LogP contribution in [0, 0.1) is 6.92 Å². The summed E-state index contributed by atoms with van der Waals surface area (Å²) in [5.41, 5.74) is 0.605. The molecule has 0 aliphatic rings. The van der Waals surface area contributed by atoms with Crippen molar-refractivity contribution < 1.29 is 13.7 Å². The summed E-state index contributed by atoms with van der Waals surface area (Å²) >= 11 is 0. The van der Waals surface area contributed by atoms with Crippen LogP contribution in [0.4, 0.5) is 4.79 Å². The van der Waals surface area contributed by atoms with Gasteiger partial charge in [-0.1, -0.05) is 24.6 Å². The molecular formula is C16H25NO3S. The van der Waals surface area contributed by atoms with Crippen LogP contribution in [0.3, 0.4) is 0 Å². The van der Waals surface area contributed by atoms with E-state index < -0.39 is 22.5 Å². The zero-order chi connectivity index (χ0) is 16.0. The summed E-state index contributed by atoms with van der Waals surface area (Å²) in [7, 11) is -1.13. The molecule has 0 saturated carbocycles. The molecule has 0 fully saturated rings. The van der Waals surface area contributed by atoms with Crippen molar-refractivity contribution in [3.63, 3.8) is 0 Å². The number of carbonyl (C=O) groups is 1. The van der Waals surface area contributed by atoms with Gasteiger partial charge in [-0.05, 0) is 46.2 Å². The molecule has 0 spiro atoms. The first-order valence-electron chi connectivity index (χ1n) is 7.16. The van der Waals surface area contributed by atoms with E-state index in [0.29, 0.717) is 12.2 Å². The van der Waals surface area contributed by atoms with Crippen LogP contribution in [0.2, 0.25) is 0 Å². The molecule has 1 rings (SSSR count). The molecule has 2 atom stereocenters. The minimum atomic E-state index is -1.13. The van der Waals surface area contributed by atoms with E-state index in [4.69, 9.17) is 4.74 Å². The van der Waals surface area contributed by atoms with Gasteiger partial charge in [0.2, 0.25) is 0 Å². The van der Waals surface area contributed by atoms with E-state index in [2.05, 4.69) is 5.32 Å². The normalized spacial score (nSPS) is 14.3. The van der Waals surface area contributed by atoms with E-state index in [1.54, 1.807) is 0 Å². The Morgan fingerprint density at radius 2 is 1.86 bits per heavy atom. The Morgan fingerprint density at radius 1 is 1.29 bits per heavy atom. The van der Waals surface area contributed by atoms with Crippen LogP contribution in [-0.2, 0) is 15.5 Å². The molecule has 0 saturated heterocycles. The number of nitrogens with one attached hydrogen (secondary N) is 1. The Balaban J connectivity index is 2.59. The van der Waals surface area contributed by atoms with Crippen molar-refractivity contribution in [2.24, 2.45) is 0 Å². The van der Waals surface area contributed by atoms with Gasteiger partial charge in [0.1, 0.15) is 5.60 Å². The highest BCUT2D eigenvalue weighted by Crippen LogP contribution is 2.11. The van der Waals surface area contributed by atoms with Crippen molar-refractivity contribution in [3.05, 3.63) is 29.8 Å². The summed E-state index contributed by atoms with van der Waals surface area (Å²) in [5.74, 6) is 0.388. The van der Waals surface area contributed by atoms with Gasteiger partial charge in [0.25, 0.3) is 0 Å². The van der Waals surface area contributed by atoms with Crippen LogP contribution in [0.5, 0.6) is 0 Å². The van der Waals surface area contributed by atoms with Crippen molar-refractivity contribution in [3.8, 4) is 0 Å². The lowest BCUT2D eigenvalue weighted by Gasteiger charge is -2.23. The quantitative estimate of drug-likeness (QED) is 0.906. The second-order valence-corrected chi connectivity index (χ2v) is 7.57. The summed E-state index contributed by atoms with van der Waals surface area (Å²) in [6.45, 7) is 9.40. The molecule has 1 aromatic carbocycles. The Hall–Kier alpha value is -1.36. The molecule has 0 bridgehead atoms. The van der Waals surface area contributed by atoms with Crippen molar-refractivity contribution in [1.82, 2.24) is 5.32 Å². The van der Waals surface area contributed by atoms with E-state index in [0.717, 1.165) is 10.5 Å². The van der Waals surface area contributed by atoms with E-state index in [9.17, 15) is 9.00 Å². The summed E-state index contributed by atoms with van der Waals surface area (Å²) in [6.07, 6.45) is 0.242. The minimum absolute atomic E-state index is 0.165. The number of aryl methyl sites for hydroxylation is 1. The van der Waals surface area contributed by atoms with Gasteiger partial charge >= 0.3 is 6.09 Å². The molecule has 1 N–H and O–H groups in total. The lowest BCUT2D eigenvalue weighted by atomic mass is 10.2. The van der Waals surface area contributed by atoms with Crippen molar-refractivity contribution in [1.29, 1.82) is 0 Å². The van der Waals surface area contributed by atoms with Crippen LogP contribution < -0.4 is 5.32 Å². The fraction of sp³-hybridized carbons (Fsp3) is 0.562. The molecular weight excluding hydrogens is 286 g/mol. The van der Waals surface area contributed by atoms with Gasteiger partial charge in [0.15, 0.2) is 0 Å². The topological polar surface area (TPSA) is 55.4 Å². The number of rotatable bonds is 5. The number of alkyl carbamates (subject to hydrolysis) is 1. The maximum absolute atomic E-state index is 12.3. The van der Waals surface area contributed by atoms with E-state index in [1.165, 1.54) is 0 Å². The van der Waals surface area contributed by atoms with Crippen molar-refractivity contribution in [2.45, 2.75) is 57.6 Å². The first-order valence-corrected chi connectivity index (χ1v) is 8.47. The third-order valence-electron chi connectivity index (χ3n) is 2.85. The molecule has 0 aliphatic heterocycles. The predicted molar refractivity (Wildman–Crippen MR) is 85.9 cm³/mol. The van der Waals surface area contributed by atoms with E-state index in [-0.39, 0.29) is 6.04 Å². The molecule has 1 unspecified atom stereocenters. The van der Waals surface area contributed by atoms with Crippen LogP contribution in [0.1, 0.15) is 39.7 Å². The van der Waals surface area contributed by atoms with Gasteiger partial charge in [0, 0.05) is 16.7 Å². The number of carbonyl (C=O) groups excluding carboxylic acids is 1. The fourth-order valence-electron chi connectivity index (χ4n) is 1.70. The summed E-state index contributed by atoms with van der Waals surface area (Å²) in [5, 5.41) is 2.78. The first kappa shape index (κ1) is 17.7. The lowest BCUT2D eigenvalue weighted by molar-refractivity contribution is 0.0508. The number of benzene rings is 1. The van der Waals surface area contributed by atoms with Crippen LogP contribution >= 0.6 is 0 Å². The average molecular weight is 311 g/mol. The smallest absolute Gasteiger partial charge is 0.407 e. The van der Waals surface area contributed by atoms with Crippen molar-refractivity contribution >= 4 is 16.9 Å². The highest BCUT2D eigenvalue weighted by Gasteiger charge is 2.20. The molecule has 21 heavy (non-hydrogen) atoms. The average Bonchev–Trinajstić information content (AvgIpc) is 2.36. The maximum Gasteiger partial charge on any atom is 0.407 e. The monoisotopic (exact) mass is 311 g/mol. The Labute approximate surface area is 129 Å². The molecule has 4 nitrogen and oxygen atoms in total. The third-order valence-corrected chi connectivity index (χ3v) is 4.35. The highest BCUT2D eigenvalue weighted by atomic mass is 32.2. The molecule has 0 aliphatic carbocycles. The summed E-state index contributed by atoms with van der Waals surface area (Å²) in [4.78, 5) is 12.5. The summed E-state index contributed by atoms with van der Waals surface area (Å²) < 4.78 is 17.5. The molecule has 0 heterocycles. The number of amides is 1. The van der Waals surface area contributed by atoms with Gasteiger partial charge in [0.05, 0.1) is 10.8 Å². The molecule has 0 aromatic heterocycles.